The van der Waals surface area contributed by atoms with Crippen LogP contribution >= 0.6 is 0 Å². The summed E-state index contributed by atoms with van der Waals surface area (Å²) in [7, 11) is 1.48. The molecule has 6 heteroatoms. The molecule has 1 rings (SSSR count). The van der Waals surface area contributed by atoms with Crippen molar-refractivity contribution in [2.24, 2.45) is 11.8 Å². The van der Waals surface area contributed by atoms with Crippen LogP contribution in [-0.2, 0) is 6.42 Å². The third kappa shape index (κ3) is 3.27. The fourth-order valence-electron chi connectivity index (χ4n) is 1.58. The number of carboxylic acids is 1. The van der Waals surface area contributed by atoms with E-state index in [-0.39, 0.29) is 17.1 Å². The number of amidine groups is 1. The van der Waals surface area contributed by atoms with Gasteiger partial charge in [-0.25, -0.2) is 15.6 Å². The van der Waals surface area contributed by atoms with E-state index >= 15 is 0 Å². The summed E-state index contributed by atoms with van der Waals surface area (Å²) in [5.74, 6) is 4.61. The zero-order chi connectivity index (χ0) is 13.9. The summed E-state index contributed by atoms with van der Waals surface area (Å²) in [5, 5.41) is 17.9. The quantitative estimate of drug-likeness (QED) is 0.321. The number of aromatic nitrogens is 1. The summed E-state index contributed by atoms with van der Waals surface area (Å²) in [5.41, 5.74) is 0.800. The van der Waals surface area contributed by atoms with Gasteiger partial charge in [-0.15, -0.1) is 0 Å². The lowest BCUT2D eigenvalue weighted by Gasteiger charge is -2.15. The van der Waals surface area contributed by atoms with Gasteiger partial charge in [-0.3, -0.25) is 10.4 Å². The van der Waals surface area contributed by atoms with Gasteiger partial charge in [0.2, 0.25) is 0 Å². The van der Waals surface area contributed by atoms with E-state index < -0.39 is 5.97 Å². The van der Waals surface area contributed by atoms with Crippen LogP contribution in [0.3, 0.4) is 0 Å². The minimum atomic E-state index is -1.15. The van der Waals surface area contributed by atoms with Gasteiger partial charge in [0.25, 0.3) is 0 Å². The molecule has 4 N–H and O–H groups in total. The number of hydrogen-bond acceptors (Lipinski definition) is 4. The van der Waals surface area contributed by atoms with E-state index in [1.165, 1.54) is 7.05 Å². The maximum absolute atomic E-state index is 11.2. The van der Waals surface area contributed by atoms with Crippen LogP contribution < -0.4 is 5.84 Å². The molecule has 0 saturated carbocycles. The van der Waals surface area contributed by atoms with Gasteiger partial charge in [-0.1, -0.05) is 13.8 Å². The highest BCUT2D eigenvalue weighted by Crippen LogP contribution is 2.12. The van der Waals surface area contributed by atoms with E-state index in [0.29, 0.717) is 18.0 Å². The van der Waals surface area contributed by atoms with E-state index in [1.54, 1.807) is 12.1 Å². The molecule has 0 fully saturated rings. The van der Waals surface area contributed by atoms with Crippen LogP contribution in [0, 0.1) is 11.3 Å². The van der Waals surface area contributed by atoms with Crippen LogP contribution in [0.25, 0.3) is 0 Å². The first-order chi connectivity index (χ1) is 8.32. The molecule has 0 radical (unpaired) electrons. The zero-order valence-corrected chi connectivity index (χ0v) is 10.8. The van der Waals surface area contributed by atoms with Crippen molar-refractivity contribution in [3.8, 4) is 0 Å². The number of rotatable bonds is 4. The molecule has 0 aliphatic heterocycles. The number of aromatic carboxylic acids is 1. The van der Waals surface area contributed by atoms with Crippen molar-refractivity contribution in [2.75, 3.05) is 7.05 Å². The predicted molar refractivity (Wildman–Crippen MR) is 68.5 cm³/mol. The minimum absolute atomic E-state index is 0.0732. The first kappa shape index (κ1) is 14.1. The standard InChI is InChI=1S/C12H18N4O2/c1-7(2)6-8-4-5-9(11(13)16(3)14)10(15-8)12(17)18/h4-5,7,13H,6,14H2,1-3H3,(H,17,18). The summed E-state index contributed by atoms with van der Waals surface area (Å²) >= 11 is 0. The van der Waals surface area contributed by atoms with Gasteiger partial charge in [0.15, 0.2) is 5.69 Å². The number of nitrogens with zero attached hydrogens (tertiary/aromatic N) is 2. The molecule has 0 unspecified atom stereocenters. The van der Waals surface area contributed by atoms with Crippen molar-refractivity contribution in [2.45, 2.75) is 20.3 Å². The third-order valence-corrected chi connectivity index (χ3v) is 2.38. The van der Waals surface area contributed by atoms with Gasteiger partial charge >= 0.3 is 5.97 Å². The first-order valence-corrected chi connectivity index (χ1v) is 5.63. The average Bonchev–Trinajstić information content (AvgIpc) is 2.26. The molecule has 1 heterocycles. The Labute approximate surface area is 106 Å². The van der Waals surface area contributed by atoms with Gasteiger partial charge in [0.1, 0.15) is 5.84 Å². The Kier molecular flexibility index (Phi) is 4.38. The molecule has 0 aliphatic rings. The summed E-state index contributed by atoms with van der Waals surface area (Å²) in [6, 6.07) is 3.32. The highest BCUT2D eigenvalue weighted by Gasteiger charge is 2.18. The molecule has 0 aliphatic carbocycles. The average molecular weight is 250 g/mol. The Hall–Kier alpha value is -1.95. The predicted octanol–water partition coefficient (Wildman–Crippen LogP) is 1.11. The fourth-order valence-corrected chi connectivity index (χ4v) is 1.58. The van der Waals surface area contributed by atoms with Crippen molar-refractivity contribution >= 4 is 11.8 Å². The van der Waals surface area contributed by atoms with Crippen LogP contribution in [0.5, 0.6) is 0 Å². The number of nitrogens with two attached hydrogens (primary N) is 1. The lowest BCUT2D eigenvalue weighted by atomic mass is 10.1. The Morgan fingerprint density at radius 3 is 2.61 bits per heavy atom. The summed E-state index contributed by atoms with van der Waals surface area (Å²) < 4.78 is 0. The second-order valence-electron chi connectivity index (χ2n) is 4.56. The Balaban J connectivity index is 3.21. The van der Waals surface area contributed by atoms with E-state index in [9.17, 15) is 4.79 Å². The monoisotopic (exact) mass is 250 g/mol. The van der Waals surface area contributed by atoms with Gasteiger partial charge in [0, 0.05) is 12.7 Å². The second-order valence-corrected chi connectivity index (χ2v) is 4.56. The Bertz CT molecular complexity index is 469. The molecule has 98 valence electrons. The van der Waals surface area contributed by atoms with E-state index in [0.717, 1.165) is 5.01 Å². The van der Waals surface area contributed by atoms with Crippen LogP contribution in [0.15, 0.2) is 12.1 Å². The molecule has 0 atom stereocenters. The van der Waals surface area contributed by atoms with Crippen molar-refractivity contribution in [1.29, 1.82) is 5.41 Å². The number of carboxylic acid groups (broad SMARTS) is 1. The van der Waals surface area contributed by atoms with E-state index in [2.05, 4.69) is 4.98 Å². The van der Waals surface area contributed by atoms with Crippen LogP contribution in [-0.4, -0.2) is 34.0 Å². The molecule has 1 aromatic heterocycles. The maximum atomic E-state index is 11.2. The summed E-state index contributed by atoms with van der Waals surface area (Å²) in [6.07, 6.45) is 0.701. The molecular weight excluding hydrogens is 232 g/mol. The Morgan fingerprint density at radius 1 is 1.56 bits per heavy atom. The molecular formula is C12H18N4O2. The Morgan fingerprint density at radius 2 is 2.17 bits per heavy atom. The molecule has 6 nitrogen and oxygen atoms in total. The third-order valence-electron chi connectivity index (χ3n) is 2.38. The largest absolute Gasteiger partial charge is 0.476 e. The van der Waals surface area contributed by atoms with Gasteiger partial charge in [-0.05, 0) is 24.5 Å². The topological polar surface area (TPSA) is 103 Å². The van der Waals surface area contributed by atoms with Crippen LogP contribution in [0.2, 0.25) is 0 Å². The van der Waals surface area contributed by atoms with E-state index in [4.69, 9.17) is 16.4 Å². The van der Waals surface area contributed by atoms with Crippen molar-refractivity contribution in [3.05, 3.63) is 29.1 Å². The summed E-state index contributed by atoms with van der Waals surface area (Å²) in [4.78, 5) is 15.3. The summed E-state index contributed by atoms with van der Waals surface area (Å²) in [6.45, 7) is 4.07. The van der Waals surface area contributed by atoms with Crippen LogP contribution in [0.4, 0.5) is 0 Å². The highest BCUT2D eigenvalue weighted by molar-refractivity contribution is 6.04. The SMILES string of the molecule is CC(C)Cc1ccc(C(=N)N(C)N)c(C(=O)O)n1. The molecule has 1 aromatic rings. The van der Waals surface area contributed by atoms with Crippen LogP contribution in [0.1, 0.15) is 35.6 Å². The van der Waals surface area contributed by atoms with E-state index in [1.807, 2.05) is 13.8 Å². The van der Waals surface area contributed by atoms with Crippen molar-refractivity contribution < 1.29 is 9.90 Å². The number of nitrogens with one attached hydrogen (secondary N) is 1. The molecule has 0 amide bonds. The first-order valence-electron chi connectivity index (χ1n) is 5.63. The lowest BCUT2D eigenvalue weighted by molar-refractivity contribution is 0.0689. The van der Waals surface area contributed by atoms with Crippen molar-refractivity contribution in [3.63, 3.8) is 0 Å². The van der Waals surface area contributed by atoms with Gasteiger partial charge < -0.3 is 5.11 Å². The minimum Gasteiger partial charge on any atom is -0.476 e. The zero-order valence-electron chi connectivity index (χ0n) is 10.8. The second kappa shape index (κ2) is 5.59. The van der Waals surface area contributed by atoms with Gasteiger partial charge in [0.05, 0.1) is 5.56 Å². The maximum Gasteiger partial charge on any atom is 0.355 e. The normalized spacial score (nSPS) is 10.5. The smallest absolute Gasteiger partial charge is 0.355 e. The number of hydrazine groups is 1. The highest BCUT2D eigenvalue weighted by atomic mass is 16.4. The molecule has 0 bridgehead atoms. The lowest BCUT2D eigenvalue weighted by Crippen LogP contribution is -2.34. The van der Waals surface area contributed by atoms with Gasteiger partial charge in [-0.2, -0.15) is 0 Å². The number of hydrogen-bond donors (Lipinski definition) is 3. The molecule has 18 heavy (non-hydrogen) atoms. The molecule has 0 spiro atoms. The fraction of sp³-hybridized carbons (Fsp3) is 0.417. The van der Waals surface area contributed by atoms with Crippen molar-refractivity contribution in [1.82, 2.24) is 9.99 Å². The molecule has 0 saturated heterocycles. The number of carbonyl (C=O) groups is 1. The number of pyridine rings is 1. The molecule has 0 aromatic carbocycles.